The summed E-state index contributed by atoms with van der Waals surface area (Å²) in [5.41, 5.74) is 11.3. The Balaban J connectivity index is 0.929. The molecule has 0 fully saturated rings. The maximum Gasteiger partial charge on any atom is 0.138 e. The highest BCUT2D eigenvalue weighted by Crippen LogP contribution is 2.41. The lowest BCUT2D eigenvalue weighted by atomic mass is 9.93. The van der Waals surface area contributed by atoms with Crippen LogP contribution in [0.1, 0.15) is 0 Å². The van der Waals surface area contributed by atoms with Crippen molar-refractivity contribution in [3.63, 3.8) is 0 Å². The molecule has 4 aromatic heterocycles. The van der Waals surface area contributed by atoms with Gasteiger partial charge in [0.25, 0.3) is 0 Å². The van der Waals surface area contributed by atoms with Crippen LogP contribution in [-0.4, -0.2) is 18.7 Å². The topological polar surface area (TPSA) is 27.7 Å². The van der Waals surface area contributed by atoms with Gasteiger partial charge >= 0.3 is 0 Å². The number of para-hydroxylation sites is 4. The highest BCUT2D eigenvalue weighted by atomic mass is 15.1. The van der Waals surface area contributed by atoms with Crippen molar-refractivity contribution in [1.82, 2.24) is 18.7 Å². The van der Waals surface area contributed by atoms with Crippen LogP contribution in [0.25, 0.3) is 126 Å². The minimum Gasteiger partial charge on any atom is -0.309 e. The molecule has 14 aromatic rings. The molecule has 63 heavy (non-hydrogen) atoms. The highest BCUT2D eigenvalue weighted by molar-refractivity contribution is 6.26. The van der Waals surface area contributed by atoms with Crippen molar-refractivity contribution in [2.45, 2.75) is 0 Å². The Bertz CT molecular complexity index is 4130. The van der Waals surface area contributed by atoms with Crippen molar-refractivity contribution in [3.05, 3.63) is 218 Å². The Kier molecular flexibility index (Phi) is 7.08. The number of rotatable bonds is 4. The van der Waals surface area contributed by atoms with E-state index >= 15 is 0 Å². The van der Waals surface area contributed by atoms with E-state index in [-0.39, 0.29) is 0 Å². The zero-order valence-electron chi connectivity index (χ0n) is 34.1. The Morgan fingerprint density at radius 2 is 0.619 bits per heavy atom. The fraction of sp³-hybridized carbons (Fsp3) is 0. The van der Waals surface area contributed by atoms with Gasteiger partial charge in [0.15, 0.2) is 0 Å². The number of fused-ring (bicyclic) bond motifs is 15. The van der Waals surface area contributed by atoms with Crippen molar-refractivity contribution in [2.24, 2.45) is 0 Å². The molecule has 14 rings (SSSR count). The van der Waals surface area contributed by atoms with Gasteiger partial charge in [0.1, 0.15) is 5.82 Å². The van der Waals surface area contributed by atoms with Gasteiger partial charge in [-0.15, -0.1) is 0 Å². The first-order valence-electron chi connectivity index (χ1n) is 21.6. The Hall–Kier alpha value is -8.47. The summed E-state index contributed by atoms with van der Waals surface area (Å²) in [4.78, 5) is 5.41. The summed E-state index contributed by atoms with van der Waals surface area (Å²) in [7, 11) is 0. The zero-order chi connectivity index (χ0) is 41.2. The van der Waals surface area contributed by atoms with Gasteiger partial charge in [0.05, 0.1) is 38.8 Å². The SMILES string of the molecule is c1cc(-c2ccc3c4ccccc4c4ccccc4c3c2)nc(-n2c3ccccc3c3cc(-n4c5ccccc5c5cc(-n6c7ccccc7c7ccccc76)ccc54)ccc32)c1. The second kappa shape index (κ2) is 13.0. The molecule has 0 saturated heterocycles. The first-order chi connectivity index (χ1) is 31.3. The lowest BCUT2D eigenvalue weighted by Gasteiger charge is -2.13. The van der Waals surface area contributed by atoms with E-state index in [2.05, 4.69) is 232 Å². The molecule has 0 aliphatic heterocycles. The number of benzene rings is 10. The molecule has 0 bridgehead atoms. The van der Waals surface area contributed by atoms with Crippen LogP contribution in [0.2, 0.25) is 0 Å². The molecule has 292 valence electrons. The van der Waals surface area contributed by atoms with E-state index in [4.69, 9.17) is 4.98 Å². The molecule has 0 atom stereocenters. The fourth-order valence-electron chi connectivity index (χ4n) is 10.7. The van der Waals surface area contributed by atoms with Crippen LogP contribution in [-0.2, 0) is 0 Å². The molecule has 10 aromatic carbocycles. The molecule has 4 heterocycles. The van der Waals surface area contributed by atoms with Crippen LogP contribution in [0.3, 0.4) is 0 Å². The first-order valence-corrected chi connectivity index (χ1v) is 21.6. The third-order valence-corrected chi connectivity index (χ3v) is 13.4. The maximum absolute atomic E-state index is 5.41. The average molecular weight is 801 g/mol. The second-order valence-electron chi connectivity index (χ2n) is 16.7. The fourth-order valence-corrected chi connectivity index (χ4v) is 10.7. The van der Waals surface area contributed by atoms with Gasteiger partial charge < -0.3 is 9.13 Å². The van der Waals surface area contributed by atoms with Crippen molar-refractivity contribution < 1.29 is 0 Å². The molecule has 4 heteroatoms. The van der Waals surface area contributed by atoms with Gasteiger partial charge in [-0.1, -0.05) is 140 Å². The van der Waals surface area contributed by atoms with E-state index in [9.17, 15) is 0 Å². The quantitative estimate of drug-likeness (QED) is 0.163. The van der Waals surface area contributed by atoms with E-state index in [1.807, 2.05) is 0 Å². The molecule has 0 aliphatic carbocycles. The van der Waals surface area contributed by atoms with Gasteiger partial charge in [-0.25, -0.2) is 4.98 Å². The van der Waals surface area contributed by atoms with Gasteiger partial charge in [-0.2, -0.15) is 0 Å². The minimum atomic E-state index is 0.893. The number of hydrogen-bond donors (Lipinski definition) is 0. The predicted octanol–water partition coefficient (Wildman–Crippen LogP) is 15.5. The molecule has 4 nitrogen and oxygen atoms in total. The van der Waals surface area contributed by atoms with E-state index in [1.165, 1.54) is 86.7 Å². The molecule has 0 aliphatic rings. The van der Waals surface area contributed by atoms with Crippen molar-refractivity contribution >= 4 is 97.7 Å². The van der Waals surface area contributed by atoms with Crippen LogP contribution in [0.15, 0.2) is 218 Å². The van der Waals surface area contributed by atoms with E-state index in [0.717, 1.165) is 39.5 Å². The number of aromatic nitrogens is 4. The van der Waals surface area contributed by atoms with Crippen molar-refractivity contribution in [1.29, 1.82) is 0 Å². The first kappa shape index (κ1) is 34.3. The summed E-state index contributed by atoms with van der Waals surface area (Å²) in [6, 6.07) is 79.6. The number of nitrogens with zero attached hydrogens (tertiary/aromatic N) is 4. The van der Waals surface area contributed by atoms with Crippen molar-refractivity contribution in [3.8, 4) is 28.5 Å². The summed E-state index contributed by atoms with van der Waals surface area (Å²) in [6.45, 7) is 0. The summed E-state index contributed by atoms with van der Waals surface area (Å²) in [5, 5.41) is 15.0. The van der Waals surface area contributed by atoms with Crippen LogP contribution in [0.4, 0.5) is 0 Å². The van der Waals surface area contributed by atoms with E-state index in [0.29, 0.717) is 0 Å². The molecule has 0 unspecified atom stereocenters. The summed E-state index contributed by atoms with van der Waals surface area (Å²) in [6.07, 6.45) is 0. The number of pyridine rings is 1. The summed E-state index contributed by atoms with van der Waals surface area (Å²) >= 11 is 0. The third kappa shape index (κ3) is 4.89. The lowest BCUT2D eigenvalue weighted by molar-refractivity contribution is 1.08. The van der Waals surface area contributed by atoms with Gasteiger partial charge in [-0.05, 0) is 111 Å². The summed E-state index contributed by atoms with van der Waals surface area (Å²) < 4.78 is 7.16. The predicted molar refractivity (Wildman–Crippen MR) is 265 cm³/mol. The standard InChI is InChI=1S/C59H36N4/c1-2-16-42-40(14-1)41-15-3-4-17-43(41)49-34-37(28-31-44(42)49)52-22-13-27-59(60-52)63-56-26-12-8-21-48(56)51-36-39(30-33-58(51)63)62-55-25-11-7-20-47(55)50-35-38(29-32-57(50)62)61-53-23-9-5-18-45(53)46-19-6-10-24-54(46)61/h1-36H. The average Bonchev–Trinajstić information content (AvgIpc) is 3.99. The van der Waals surface area contributed by atoms with Crippen molar-refractivity contribution in [2.75, 3.05) is 0 Å². The van der Waals surface area contributed by atoms with Crippen LogP contribution in [0.5, 0.6) is 0 Å². The molecule has 0 saturated carbocycles. The Morgan fingerprint density at radius 3 is 1.13 bits per heavy atom. The molecule has 0 N–H and O–H groups in total. The molecule has 0 spiro atoms. The largest absolute Gasteiger partial charge is 0.309 e. The number of hydrogen-bond acceptors (Lipinski definition) is 1. The van der Waals surface area contributed by atoms with Crippen LogP contribution < -0.4 is 0 Å². The molecular formula is C59H36N4. The normalized spacial score (nSPS) is 12.1. The lowest BCUT2D eigenvalue weighted by Crippen LogP contribution is -1.99. The molecule has 0 radical (unpaired) electrons. The second-order valence-corrected chi connectivity index (χ2v) is 16.7. The Labute approximate surface area is 361 Å². The maximum atomic E-state index is 5.41. The smallest absolute Gasteiger partial charge is 0.138 e. The molecular weight excluding hydrogens is 765 g/mol. The van der Waals surface area contributed by atoms with E-state index in [1.54, 1.807) is 0 Å². The summed E-state index contributed by atoms with van der Waals surface area (Å²) in [5.74, 6) is 0.893. The van der Waals surface area contributed by atoms with Gasteiger partial charge in [0, 0.05) is 49.3 Å². The van der Waals surface area contributed by atoms with Gasteiger partial charge in [-0.3, -0.25) is 4.57 Å². The zero-order valence-corrected chi connectivity index (χ0v) is 34.1. The molecule has 0 amide bonds. The third-order valence-electron chi connectivity index (χ3n) is 13.4. The van der Waals surface area contributed by atoms with Gasteiger partial charge in [0.2, 0.25) is 0 Å². The van der Waals surface area contributed by atoms with E-state index < -0.39 is 0 Å². The monoisotopic (exact) mass is 800 g/mol. The Morgan fingerprint density at radius 1 is 0.238 bits per heavy atom. The minimum absolute atomic E-state index is 0.893. The highest BCUT2D eigenvalue weighted by Gasteiger charge is 2.19. The van der Waals surface area contributed by atoms with Crippen LogP contribution in [0, 0.1) is 0 Å². The van der Waals surface area contributed by atoms with Crippen LogP contribution >= 0.6 is 0 Å².